The summed E-state index contributed by atoms with van der Waals surface area (Å²) >= 11 is 12.0. The summed E-state index contributed by atoms with van der Waals surface area (Å²) in [6, 6.07) is 9.74. The van der Waals surface area contributed by atoms with Crippen LogP contribution < -0.4 is 20.3 Å². The summed E-state index contributed by atoms with van der Waals surface area (Å²) in [4.78, 5) is 23.9. The molecule has 6 nitrogen and oxygen atoms in total. The summed E-state index contributed by atoms with van der Waals surface area (Å²) in [6.07, 6.45) is 2.68. The number of carbonyl (C=O) groups is 2. The number of halogens is 2. The molecular weight excluding hydrogens is 367 g/mol. The molecule has 0 saturated carbocycles. The summed E-state index contributed by atoms with van der Waals surface area (Å²) in [5.41, 5.74) is 5.42. The number of carbonyl (C=O) groups excluding carboxylic acids is 2. The summed E-state index contributed by atoms with van der Waals surface area (Å²) < 4.78 is 10.4. The van der Waals surface area contributed by atoms with Crippen LogP contribution in [0.1, 0.15) is 15.9 Å². The van der Waals surface area contributed by atoms with Crippen LogP contribution in [0.15, 0.2) is 42.5 Å². The predicted octanol–water partition coefficient (Wildman–Crippen LogP) is 3.20. The molecule has 0 unspecified atom stereocenters. The monoisotopic (exact) mass is 378 g/mol. The second-order valence-corrected chi connectivity index (χ2v) is 5.79. The Labute approximate surface area is 153 Å². The maximum Gasteiger partial charge on any atom is 0.269 e. The zero-order chi connectivity index (χ0) is 17.8. The van der Waals surface area contributed by atoms with E-state index >= 15 is 0 Å². The van der Waals surface area contributed by atoms with Crippen LogP contribution in [0.5, 0.6) is 11.5 Å². The molecule has 0 aromatic heterocycles. The van der Waals surface area contributed by atoms with Gasteiger partial charge in [-0.2, -0.15) is 0 Å². The highest BCUT2D eigenvalue weighted by atomic mass is 35.5. The third-order valence-corrected chi connectivity index (χ3v) is 3.99. The van der Waals surface area contributed by atoms with Crippen molar-refractivity contribution in [1.82, 2.24) is 10.9 Å². The van der Waals surface area contributed by atoms with E-state index in [0.29, 0.717) is 32.7 Å². The van der Waals surface area contributed by atoms with Crippen molar-refractivity contribution in [2.75, 3.05) is 6.79 Å². The third kappa shape index (κ3) is 4.04. The number of hydrogen-bond donors (Lipinski definition) is 2. The molecule has 0 radical (unpaired) electrons. The minimum absolute atomic E-state index is 0.118. The molecule has 0 aliphatic carbocycles. The normalized spacial score (nSPS) is 12.2. The number of hydrazine groups is 1. The minimum Gasteiger partial charge on any atom is -0.454 e. The first-order valence-corrected chi connectivity index (χ1v) is 7.92. The van der Waals surface area contributed by atoms with Gasteiger partial charge < -0.3 is 9.47 Å². The lowest BCUT2D eigenvalue weighted by Crippen LogP contribution is -2.40. The Morgan fingerprint density at radius 1 is 1.00 bits per heavy atom. The number of ether oxygens (including phenoxy) is 2. The number of rotatable bonds is 3. The Bertz CT molecular complexity index is 847. The van der Waals surface area contributed by atoms with Gasteiger partial charge in [0.2, 0.25) is 6.79 Å². The maximum absolute atomic E-state index is 12.0. The molecule has 0 atom stereocenters. The number of fused-ring (bicyclic) bond motifs is 1. The fraction of sp³-hybridized carbons (Fsp3) is 0.0588. The molecule has 128 valence electrons. The van der Waals surface area contributed by atoms with Crippen LogP contribution >= 0.6 is 23.2 Å². The number of benzene rings is 2. The van der Waals surface area contributed by atoms with Gasteiger partial charge in [-0.3, -0.25) is 20.4 Å². The van der Waals surface area contributed by atoms with Gasteiger partial charge in [-0.05, 0) is 36.4 Å². The average Bonchev–Trinajstić information content (AvgIpc) is 3.07. The van der Waals surface area contributed by atoms with Gasteiger partial charge in [-0.25, -0.2) is 0 Å². The molecule has 2 aromatic rings. The fourth-order valence-corrected chi connectivity index (χ4v) is 2.62. The molecule has 2 aromatic carbocycles. The van der Waals surface area contributed by atoms with Crippen LogP contribution in [0, 0.1) is 0 Å². The van der Waals surface area contributed by atoms with Crippen LogP contribution in [0.4, 0.5) is 0 Å². The second kappa shape index (κ2) is 7.46. The minimum atomic E-state index is -0.537. The maximum atomic E-state index is 12.0. The lowest BCUT2D eigenvalue weighted by Gasteiger charge is -2.06. The lowest BCUT2D eigenvalue weighted by atomic mass is 10.2. The standard InChI is InChI=1S/C17H12Cl2N2O4/c18-12-2-1-3-13(19)11(12)5-7-16(22)20-21-17(23)10-4-6-14-15(8-10)25-9-24-14/h1-8H,9H2,(H,20,22)(H,21,23)/b7-5+. The van der Waals surface area contributed by atoms with Gasteiger partial charge in [0.25, 0.3) is 11.8 Å². The smallest absolute Gasteiger partial charge is 0.269 e. The Hall–Kier alpha value is -2.70. The van der Waals surface area contributed by atoms with E-state index in [1.54, 1.807) is 30.3 Å². The molecule has 0 saturated heterocycles. The summed E-state index contributed by atoms with van der Waals surface area (Å²) in [5, 5.41) is 0.835. The van der Waals surface area contributed by atoms with Crippen LogP contribution in [0.25, 0.3) is 6.08 Å². The third-order valence-electron chi connectivity index (χ3n) is 3.34. The van der Waals surface area contributed by atoms with Crippen molar-refractivity contribution in [1.29, 1.82) is 0 Å². The SMILES string of the molecule is O=C(/C=C/c1c(Cl)cccc1Cl)NNC(=O)c1ccc2c(c1)OCO2. The van der Waals surface area contributed by atoms with Crippen LogP contribution in [0.2, 0.25) is 10.0 Å². The Balaban J connectivity index is 1.59. The van der Waals surface area contributed by atoms with E-state index in [0.717, 1.165) is 0 Å². The van der Waals surface area contributed by atoms with Crippen molar-refractivity contribution in [2.24, 2.45) is 0 Å². The van der Waals surface area contributed by atoms with E-state index in [1.165, 1.54) is 18.2 Å². The molecule has 1 heterocycles. The van der Waals surface area contributed by atoms with Gasteiger partial charge in [0, 0.05) is 27.2 Å². The highest BCUT2D eigenvalue weighted by Crippen LogP contribution is 2.32. The Morgan fingerprint density at radius 2 is 1.72 bits per heavy atom. The highest BCUT2D eigenvalue weighted by Gasteiger charge is 2.16. The number of nitrogens with one attached hydrogen (secondary N) is 2. The molecule has 2 amide bonds. The molecule has 25 heavy (non-hydrogen) atoms. The van der Waals surface area contributed by atoms with Gasteiger partial charge in [0.1, 0.15) is 0 Å². The number of hydrogen-bond acceptors (Lipinski definition) is 4. The van der Waals surface area contributed by atoms with Crippen molar-refractivity contribution in [2.45, 2.75) is 0 Å². The highest BCUT2D eigenvalue weighted by molar-refractivity contribution is 6.37. The van der Waals surface area contributed by atoms with Crippen molar-refractivity contribution in [3.8, 4) is 11.5 Å². The quantitative estimate of drug-likeness (QED) is 0.635. The molecule has 1 aliphatic rings. The van der Waals surface area contributed by atoms with Crippen LogP contribution in [-0.2, 0) is 4.79 Å². The lowest BCUT2D eigenvalue weighted by molar-refractivity contribution is -0.117. The summed E-state index contributed by atoms with van der Waals surface area (Å²) in [7, 11) is 0. The largest absolute Gasteiger partial charge is 0.454 e. The first kappa shape index (κ1) is 17.1. The van der Waals surface area contributed by atoms with E-state index < -0.39 is 11.8 Å². The zero-order valence-electron chi connectivity index (χ0n) is 12.7. The zero-order valence-corrected chi connectivity index (χ0v) is 14.2. The van der Waals surface area contributed by atoms with Gasteiger partial charge in [0.05, 0.1) is 0 Å². The van der Waals surface area contributed by atoms with Gasteiger partial charge in [0.15, 0.2) is 11.5 Å². The molecule has 2 N–H and O–H groups in total. The number of amides is 2. The molecule has 0 bridgehead atoms. The average molecular weight is 379 g/mol. The van der Waals surface area contributed by atoms with Gasteiger partial charge in [-0.15, -0.1) is 0 Å². The van der Waals surface area contributed by atoms with Crippen molar-refractivity contribution < 1.29 is 19.1 Å². The summed E-state index contributed by atoms with van der Waals surface area (Å²) in [5.74, 6) is 0.0216. The molecule has 8 heteroatoms. The van der Waals surface area contributed by atoms with E-state index in [4.69, 9.17) is 32.7 Å². The first-order chi connectivity index (χ1) is 12.0. The van der Waals surface area contributed by atoms with E-state index in [1.807, 2.05) is 0 Å². The molecule has 1 aliphatic heterocycles. The van der Waals surface area contributed by atoms with Crippen molar-refractivity contribution in [3.05, 3.63) is 63.6 Å². The van der Waals surface area contributed by atoms with Crippen LogP contribution in [-0.4, -0.2) is 18.6 Å². The van der Waals surface area contributed by atoms with E-state index in [9.17, 15) is 9.59 Å². The second-order valence-electron chi connectivity index (χ2n) is 4.98. The summed E-state index contributed by atoms with van der Waals surface area (Å²) in [6.45, 7) is 0.118. The first-order valence-electron chi connectivity index (χ1n) is 7.16. The van der Waals surface area contributed by atoms with Crippen molar-refractivity contribution in [3.63, 3.8) is 0 Å². The topological polar surface area (TPSA) is 76.7 Å². The Kier molecular flexibility index (Phi) is 5.11. The van der Waals surface area contributed by atoms with E-state index in [-0.39, 0.29) is 6.79 Å². The van der Waals surface area contributed by atoms with Crippen molar-refractivity contribution >= 4 is 41.1 Å². The molecular formula is C17H12Cl2N2O4. The van der Waals surface area contributed by atoms with Gasteiger partial charge in [-0.1, -0.05) is 29.3 Å². The molecule has 3 rings (SSSR count). The predicted molar refractivity (Wildman–Crippen MR) is 93.7 cm³/mol. The molecule has 0 spiro atoms. The fourth-order valence-electron chi connectivity index (χ4n) is 2.10. The molecule has 0 fully saturated rings. The Morgan fingerprint density at radius 3 is 2.48 bits per heavy atom. The van der Waals surface area contributed by atoms with Gasteiger partial charge >= 0.3 is 0 Å². The van der Waals surface area contributed by atoms with Crippen LogP contribution in [0.3, 0.4) is 0 Å². The van der Waals surface area contributed by atoms with E-state index in [2.05, 4.69) is 10.9 Å².